The number of nitrogens with zero attached hydrogens (tertiary/aromatic N) is 4. The van der Waals surface area contributed by atoms with Crippen molar-refractivity contribution >= 4 is 17.3 Å². The number of hydrogen-bond acceptors (Lipinski definition) is 3. The molecule has 0 radical (unpaired) electrons. The van der Waals surface area contributed by atoms with E-state index in [1.54, 1.807) is 0 Å². The molecule has 1 rings (SSSR count). The summed E-state index contributed by atoms with van der Waals surface area (Å²) in [6.07, 6.45) is 1.85. The molecule has 0 aliphatic heterocycles. The summed E-state index contributed by atoms with van der Waals surface area (Å²) < 4.78 is 0. The highest BCUT2D eigenvalue weighted by atomic mass is 32.2. The summed E-state index contributed by atoms with van der Waals surface area (Å²) in [5.74, 6) is 0.599. The Bertz CT molecular complexity index is 441. The van der Waals surface area contributed by atoms with Gasteiger partial charge < -0.3 is 0 Å². The molecule has 0 atom stereocenters. The number of azide groups is 1. The maximum Gasteiger partial charge on any atom is 0.133 e. The van der Waals surface area contributed by atoms with Crippen molar-refractivity contribution in [2.75, 3.05) is 12.3 Å². The molecule has 0 aliphatic rings. The fourth-order valence-corrected chi connectivity index (χ4v) is 1.71. The highest BCUT2D eigenvalue weighted by Gasteiger charge is 2.00. The molecule has 0 bridgehead atoms. The number of rotatable bonds is 5. The first-order chi connectivity index (χ1) is 7.88. The van der Waals surface area contributed by atoms with Gasteiger partial charge in [0.2, 0.25) is 0 Å². The summed E-state index contributed by atoms with van der Waals surface area (Å²) in [6.45, 7) is 0.312. The molecule has 0 saturated heterocycles. The average molecular weight is 230 g/mol. The third-order valence-corrected chi connectivity index (χ3v) is 2.50. The van der Waals surface area contributed by atoms with E-state index in [0.717, 1.165) is 11.1 Å². The van der Waals surface area contributed by atoms with Gasteiger partial charge >= 0.3 is 0 Å². The molecule has 0 fully saturated rings. The highest BCUT2D eigenvalue weighted by Crippen LogP contribution is 2.18. The second kappa shape index (κ2) is 7.41. The van der Waals surface area contributed by atoms with Crippen molar-refractivity contribution < 1.29 is 0 Å². The Hall–Kier alpha value is -1.89. The molecule has 0 N–H and O–H groups in total. The Morgan fingerprint density at radius 3 is 2.88 bits per heavy atom. The van der Waals surface area contributed by atoms with Crippen LogP contribution >= 0.6 is 11.8 Å². The molecule has 0 heterocycles. The number of thioether (sulfide) groups is 1. The summed E-state index contributed by atoms with van der Waals surface area (Å²) in [5, 5.41) is 14.0. The van der Waals surface area contributed by atoms with Crippen LogP contribution in [-0.2, 0) is 0 Å². The summed E-state index contributed by atoms with van der Waals surface area (Å²) in [7, 11) is 0. The fraction of sp³-hybridized carbons (Fsp3) is 0.182. The van der Waals surface area contributed by atoms with Crippen molar-refractivity contribution in [3.8, 4) is 5.40 Å². The average Bonchev–Trinajstić information content (AvgIpc) is 2.35. The Balaban J connectivity index is 2.83. The number of thiocyanates is 1. The summed E-state index contributed by atoms with van der Waals surface area (Å²) in [4.78, 5) is 2.69. The van der Waals surface area contributed by atoms with Crippen molar-refractivity contribution in [2.45, 2.75) is 0 Å². The molecule has 0 saturated carbocycles. The molecule has 5 heteroatoms. The van der Waals surface area contributed by atoms with Gasteiger partial charge in [0.05, 0.1) is 0 Å². The van der Waals surface area contributed by atoms with Crippen LogP contribution in [0.3, 0.4) is 0 Å². The van der Waals surface area contributed by atoms with Crippen LogP contribution in [-0.4, -0.2) is 12.3 Å². The summed E-state index contributed by atoms with van der Waals surface area (Å²) >= 11 is 1.17. The second-order valence-electron chi connectivity index (χ2n) is 2.89. The molecule has 16 heavy (non-hydrogen) atoms. The van der Waals surface area contributed by atoms with Crippen molar-refractivity contribution in [1.29, 1.82) is 5.26 Å². The van der Waals surface area contributed by atoms with E-state index in [9.17, 15) is 0 Å². The summed E-state index contributed by atoms with van der Waals surface area (Å²) in [6, 6.07) is 9.76. The molecule has 0 amide bonds. The van der Waals surface area contributed by atoms with Gasteiger partial charge in [-0.3, -0.25) is 0 Å². The van der Waals surface area contributed by atoms with Crippen molar-refractivity contribution in [3.05, 3.63) is 52.4 Å². The lowest BCUT2D eigenvalue weighted by Crippen LogP contribution is -1.88. The first kappa shape index (κ1) is 12.2. The van der Waals surface area contributed by atoms with E-state index in [1.165, 1.54) is 11.8 Å². The van der Waals surface area contributed by atoms with Crippen LogP contribution in [0.15, 0.2) is 41.5 Å². The van der Waals surface area contributed by atoms with Crippen molar-refractivity contribution in [1.82, 2.24) is 0 Å². The molecule has 1 aromatic carbocycles. The van der Waals surface area contributed by atoms with Crippen LogP contribution in [0.25, 0.3) is 16.0 Å². The van der Waals surface area contributed by atoms with Crippen molar-refractivity contribution in [3.63, 3.8) is 0 Å². The molecular weight excluding hydrogens is 220 g/mol. The number of benzene rings is 1. The van der Waals surface area contributed by atoms with Gasteiger partial charge in [0.15, 0.2) is 0 Å². The maximum atomic E-state index is 8.54. The van der Waals surface area contributed by atoms with E-state index in [4.69, 9.17) is 10.8 Å². The van der Waals surface area contributed by atoms with E-state index in [0.29, 0.717) is 12.3 Å². The molecule has 1 aromatic rings. The number of nitriles is 1. The lowest BCUT2D eigenvalue weighted by atomic mass is 10.1. The van der Waals surface area contributed by atoms with Crippen LogP contribution in [0.4, 0.5) is 0 Å². The van der Waals surface area contributed by atoms with E-state index in [2.05, 4.69) is 10.0 Å². The molecule has 80 valence electrons. The standard InChI is InChI=1S/C11H10N4S/c12-9-16-8-11(6-7-14-15-13)10-4-2-1-3-5-10/h1-6H,7-8H2/b11-6+. The lowest BCUT2D eigenvalue weighted by molar-refractivity contribution is 1.21. The maximum absolute atomic E-state index is 8.54. The quantitative estimate of drug-likeness (QED) is 0.335. The highest BCUT2D eigenvalue weighted by molar-refractivity contribution is 8.04. The summed E-state index contributed by atoms with van der Waals surface area (Å²) in [5.41, 5.74) is 10.3. The van der Waals surface area contributed by atoms with Gasteiger partial charge in [-0.1, -0.05) is 41.5 Å². The zero-order chi connectivity index (χ0) is 11.6. The minimum atomic E-state index is 0.312. The third kappa shape index (κ3) is 4.09. The monoisotopic (exact) mass is 230 g/mol. The Kier molecular flexibility index (Phi) is 5.64. The largest absolute Gasteiger partial charge is 0.185 e. The predicted molar refractivity (Wildman–Crippen MR) is 66.5 cm³/mol. The molecule has 0 aromatic heterocycles. The van der Waals surface area contributed by atoms with E-state index < -0.39 is 0 Å². The molecule has 0 aliphatic carbocycles. The van der Waals surface area contributed by atoms with Crippen LogP contribution in [0.5, 0.6) is 0 Å². The van der Waals surface area contributed by atoms with Crippen LogP contribution in [0.2, 0.25) is 0 Å². The van der Waals surface area contributed by atoms with Gasteiger partial charge in [0, 0.05) is 17.2 Å². The van der Waals surface area contributed by atoms with Crippen LogP contribution in [0, 0.1) is 10.7 Å². The normalized spacial score (nSPS) is 10.3. The van der Waals surface area contributed by atoms with E-state index in [1.807, 2.05) is 41.8 Å². The van der Waals surface area contributed by atoms with E-state index >= 15 is 0 Å². The van der Waals surface area contributed by atoms with Crippen LogP contribution in [0.1, 0.15) is 5.56 Å². The first-order valence-corrected chi connectivity index (χ1v) is 5.63. The molecule has 0 spiro atoms. The van der Waals surface area contributed by atoms with Gasteiger partial charge in [-0.2, -0.15) is 5.26 Å². The van der Waals surface area contributed by atoms with Gasteiger partial charge in [0.1, 0.15) is 5.40 Å². The smallest absolute Gasteiger partial charge is 0.133 e. The lowest BCUT2D eigenvalue weighted by Gasteiger charge is -2.04. The molecule has 0 unspecified atom stereocenters. The number of hydrogen-bond donors (Lipinski definition) is 0. The Morgan fingerprint density at radius 1 is 1.50 bits per heavy atom. The second-order valence-corrected chi connectivity index (χ2v) is 3.65. The third-order valence-electron chi connectivity index (χ3n) is 1.92. The van der Waals surface area contributed by atoms with Crippen molar-refractivity contribution in [2.24, 2.45) is 5.11 Å². The van der Waals surface area contributed by atoms with Gasteiger partial charge in [-0.05, 0) is 28.4 Å². The molecular formula is C11H10N4S. The van der Waals surface area contributed by atoms with Gasteiger partial charge in [0.25, 0.3) is 0 Å². The zero-order valence-corrected chi connectivity index (χ0v) is 9.39. The predicted octanol–water partition coefficient (Wildman–Crippen LogP) is 3.59. The minimum absolute atomic E-state index is 0.312. The first-order valence-electron chi connectivity index (χ1n) is 4.64. The topological polar surface area (TPSA) is 72.5 Å². The SMILES string of the molecule is N#CSC/C(=C\CN=[N+]=[N-])c1ccccc1. The van der Waals surface area contributed by atoms with Gasteiger partial charge in [-0.15, -0.1) is 0 Å². The molecule has 4 nitrogen and oxygen atoms in total. The Labute approximate surface area is 98.2 Å². The zero-order valence-electron chi connectivity index (χ0n) is 8.58. The van der Waals surface area contributed by atoms with Crippen LogP contribution < -0.4 is 0 Å². The fourth-order valence-electron chi connectivity index (χ4n) is 1.21. The minimum Gasteiger partial charge on any atom is -0.185 e. The van der Waals surface area contributed by atoms with Gasteiger partial charge in [-0.25, -0.2) is 0 Å². The Morgan fingerprint density at radius 2 is 2.25 bits per heavy atom. The van der Waals surface area contributed by atoms with E-state index in [-0.39, 0.29) is 0 Å².